The first-order chi connectivity index (χ1) is 9.24. The lowest BCUT2D eigenvalue weighted by Crippen LogP contribution is -2.15. The van der Waals surface area contributed by atoms with Crippen LogP contribution in [-0.4, -0.2) is 29.2 Å². The highest BCUT2D eigenvalue weighted by atomic mass is 32.1. The zero-order valence-corrected chi connectivity index (χ0v) is 12.0. The van der Waals surface area contributed by atoms with Crippen molar-refractivity contribution in [1.82, 2.24) is 20.3 Å². The van der Waals surface area contributed by atoms with Gasteiger partial charge in [-0.25, -0.2) is 15.0 Å². The predicted octanol–water partition coefficient (Wildman–Crippen LogP) is 1.55. The van der Waals surface area contributed by atoms with Crippen LogP contribution in [0.15, 0.2) is 12.5 Å². The number of nitrogens with one attached hydrogen (secondary N) is 1. The Labute approximate surface area is 115 Å². The largest absolute Gasteiger partial charge is 0.481 e. The molecule has 19 heavy (non-hydrogen) atoms. The van der Waals surface area contributed by atoms with Crippen LogP contribution < -0.4 is 14.8 Å². The van der Waals surface area contributed by atoms with Crippen LogP contribution in [0.25, 0.3) is 0 Å². The molecule has 0 saturated heterocycles. The molecule has 0 fully saturated rings. The molecule has 0 unspecified atom stereocenters. The van der Waals surface area contributed by atoms with E-state index in [-0.39, 0.29) is 0 Å². The van der Waals surface area contributed by atoms with Crippen molar-refractivity contribution in [2.75, 3.05) is 14.2 Å². The molecule has 0 aromatic carbocycles. The Bertz CT molecular complexity index is 522. The van der Waals surface area contributed by atoms with E-state index in [1.807, 2.05) is 13.1 Å². The van der Waals surface area contributed by atoms with Crippen molar-refractivity contribution in [2.45, 2.75) is 20.0 Å². The van der Waals surface area contributed by atoms with E-state index >= 15 is 0 Å². The predicted molar refractivity (Wildman–Crippen MR) is 72.5 cm³/mol. The van der Waals surface area contributed by atoms with E-state index in [2.05, 4.69) is 20.3 Å². The van der Waals surface area contributed by atoms with E-state index in [1.54, 1.807) is 25.6 Å². The fraction of sp³-hybridized carbons (Fsp3) is 0.417. The van der Waals surface area contributed by atoms with Crippen LogP contribution in [0.1, 0.15) is 15.4 Å². The highest BCUT2D eigenvalue weighted by Gasteiger charge is 2.12. The lowest BCUT2D eigenvalue weighted by Gasteiger charge is -2.10. The summed E-state index contributed by atoms with van der Waals surface area (Å²) in [7, 11) is 3.16. The fourth-order valence-electron chi connectivity index (χ4n) is 1.66. The van der Waals surface area contributed by atoms with Gasteiger partial charge in [0.2, 0.25) is 11.8 Å². The number of thiazole rings is 1. The average molecular weight is 280 g/mol. The molecule has 0 saturated carbocycles. The van der Waals surface area contributed by atoms with E-state index in [1.165, 1.54) is 11.2 Å². The third kappa shape index (κ3) is 3.39. The van der Waals surface area contributed by atoms with Gasteiger partial charge in [-0.3, -0.25) is 0 Å². The molecule has 1 N–H and O–H groups in total. The van der Waals surface area contributed by atoms with Gasteiger partial charge >= 0.3 is 0 Å². The molecule has 0 aliphatic rings. The highest BCUT2D eigenvalue weighted by molar-refractivity contribution is 7.11. The molecule has 0 aliphatic heterocycles. The molecule has 0 spiro atoms. The summed E-state index contributed by atoms with van der Waals surface area (Å²) in [6.07, 6.45) is 3.29. The number of aryl methyl sites for hydroxylation is 1. The molecule has 102 valence electrons. The highest BCUT2D eigenvalue weighted by Crippen LogP contribution is 2.23. The third-order valence-corrected chi connectivity index (χ3v) is 3.41. The van der Waals surface area contributed by atoms with Crippen LogP contribution in [0.3, 0.4) is 0 Å². The quantitative estimate of drug-likeness (QED) is 0.865. The Kier molecular flexibility index (Phi) is 4.64. The van der Waals surface area contributed by atoms with Gasteiger partial charge in [0.05, 0.1) is 19.8 Å². The summed E-state index contributed by atoms with van der Waals surface area (Å²) in [4.78, 5) is 13.6. The second-order valence-corrected chi connectivity index (χ2v) is 5.16. The van der Waals surface area contributed by atoms with Crippen LogP contribution in [0, 0.1) is 6.92 Å². The van der Waals surface area contributed by atoms with E-state index in [9.17, 15) is 0 Å². The van der Waals surface area contributed by atoms with E-state index in [0.29, 0.717) is 24.8 Å². The van der Waals surface area contributed by atoms with Crippen molar-refractivity contribution in [3.63, 3.8) is 0 Å². The number of aromatic nitrogens is 3. The first kappa shape index (κ1) is 13.7. The monoisotopic (exact) mass is 280 g/mol. The molecule has 0 bridgehead atoms. The molecule has 2 heterocycles. The minimum atomic E-state index is 0.523. The molecular weight excluding hydrogens is 264 g/mol. The fourth-order valence-corrected chi connectivity index (χ4v) is 2.42. The summed E-state index contributed by atoms with van der Waals surface area (Å²) >= 11 is 1.68. The number of rotatable bonds is 6. The Balaban J connectivity index is 2.02. The van der Waals surface area contributed by atoms with Gasteiger partial charge in [-0.05, 0) is 6.92 Å². The molecule has 7 heteroatoms. The van der Waals surface area contributed by atoms with Gasteiger partial charge in [0.15, 0.2) is 0 Å². The molecule has 0 atom stereocenters. The number of methoxy groups -OCH3 is 2. The second-order valence-electron chi connectivity index (χ2n) is 3.84. The topological polar surface area (TPSA) is 69.2 Å². The number of ether oxygens (including phenoxy) is 2. The molecule has 6 nitrogen and oxygen atoms in total. The summed E-state index contributed by atoms with van der Waals surface area (Å²) in [5.74, 6) is 1.05. The van der Waals surface area contributed by atoms with Crippen LogP contribution in [0.2, 0.25) is 0 Å². The smallest absolute Gasteiger partial charge is 0.224 e. The summed E-state index contributed by atoms with van der Waals surface area (Å²) in [6.45, 7) is 3.30. The molecule has 2 aromatic heterocycles. The minimum Gasteiger partial charge on any atom is -0.481 e. The van der Waals surface area contributed by atoms with Crippen molar-refractivity contribution in [1.29, 1.82) is 0 Å². The van der Waals surface area contributed by atoms with Gasteiger partial charge in [0.1, 0.15) is 11.3 Å². The average Bonchev–Trinajstić information content (AvgIpc) is 2.84. The van der Waals surface area contributed by atoms with Crippen LogP contribution in [0.4, 0.5) is 0 Å². The Morgan fingerprint density at radius 2 is 1.79 bits per heavy atom. The van der Waals surface area contributed by atoms with Crippen molar-refractivity contribution in [3.8, 4) is 11.8 Å². The molecule has 0 aliphatic carbocycles. The summed E-state index contributed by atoms with van der Waals surface area (Å²) in [5.41, 5.74) is 0.806. The molecule has 2 aromatic rings. The van der Waals surface area contributed by atoms with Crippen molar-refractivity contribution < 1.29 is 9.47 Å². The molecular formula is C12H16N4O2S. The lowest BCUT2D eigenvalue weighted by molar-refractivity contribution is 0.359. The van der Waals surface area contributed by atoms with Gasteiger partial charge in [-0.2, -0.15) is 0 Å². The second kappa shape index (κ2) is 6.44. The number of hydrogen-bond acceptors (Lipinski definition) is 7. The summed E-state index contributed by atoms with van der Waals surface area (Å²) in [5, 5.41) is 4.34. The normalized spacial score (nSPS) is 10.5. The SMILES string of the molecule is COc1ncnc(OC)c1CNCc1ncc(C)s1. The maximum atomic E-state index is 5.21. The van der Waals surface area contributed by atoms with Gasteiger partial charge in [-0.1, -0.05) is 0 Å². The number of nitrogens with zero attached hydrogens (tertiary/aromatic N) is 3. The van der Waals surface area contributed by atoms with Crippen LogP contribution in [-0.2, 0) is 13.1 Å². The third-order valence-electron chi connectivity index (χ3n) is 2.50. The zero-order chi connectivity index (χ0) is 13.7. The Morgan fingerprint density at radius 3 is 2.32 bits per heavy atom. The van der Waals surface area contributed by atoms with Crippen LogP contribution >= 0.6 is 11.3 Å². The van der Waals surface area contributed by atoms with Crippen LogP contribution in [0.5, 0.6) is 11.8 Å². The van der Waals surface area contributed by atoms with Gasteiger partial charge in [0.25, 0.3) is 0 Å². The van der Waals surface area contributed by atoms with Gasteiger partial charge < -0.3 is 14.8 Å². The van der Waals surface area contributed by atoms with Crippen molar-refractivity contribution >= 4 is 11.3 Å². The first-order valence-electron chi connectivity index (χ1n) is 5.78. The Morgan fingerprint density at radius 1 is 1.11 bits per heavy atom. The number of hydrogen-bond donors (Lipinski definition) is 1. The summed E-state index contributed by atoms with van der Waals surface area (Å²) < 4.78 is 10.4. The van der Waals surface area contributed by atoms with E-state index < -0.39 is 0 Å². The maximum Gasteiger partial charge on any atom is 0.224 e. The molecule has 0 amide bonds. The minimum absolute atomic E-state index is 0.523. The summed E-state index contributed by atoms with van der Waals surface area (Å²) in [6, 6.07) is 0. The van der Waals surface area contributed by atoms with Crippen molar-refractivity contribution in [2.24, 2.45) is 0 Å². The molecule has 2 rings (SSSR count). The van der Waals surface area contributed by atoms with E-state index in [4.69, 9.17) is 9.47 Å². The maximum absolute atomic E-state index is 5.21. The van der Waals surface area contributed by atoms with Gasteiger partial charge in [-0.15, -0.1) is 11.3 Å². The molecule has 0 radical (unpaired) electrons. The van der Waals surface area contributed by atoms with E-state index in [0.717, 1.165) is 10.6 Å². The Hall–Kier alpha value is -1.73. The lowest BCUT2D eigenvalue weighted by atomic mass is 10.3. The first-order valence-corrected chi connectivity index (χ1v) is 6.60. The zero-order valence-electron chi connectivity index (χ0n) is 11.1. The van der Waals surface area contributed by atoms with Gasteiger partial charge in [0, 0.05) is 24.2 Å². The van der Waals surface area contributed by atoms with Crippen molar-refractivity contribution in [3.05, 3.63) is 28.0 Å². The standard InChI is InChI=1S/C12H16N4O2S/c1-8-4-14-10(19-8)6-13-5-9-11(17-2)15-7-16-12(9)18-3/h4,7,13H,5-6H2,1-3H3.